The first kappa shape index (κ1) is 19.2. The third kappa shape index (κ3) is 4.80. The number of ether oxygens (including phenoxy) is 3. The lowest BCUT2D eigenvalue weighted by Gasteiger charge is -2.15. The molecule has 0 unspecified atom stereocenters. The highest BCUT2D eigenvalue weighted by Gasteiger charge is 2.19. The van der Waals surface area contributed by atoms with Crippen molar-refractivity contribution in [2.24, 2.45) is 0 Å². The lowest BCUT2D eigenvalue weighted by Crippen LogP contribution is -2.06. The van der Waals surface area contributed by atoms with Gasteiger partial charge in [0.25, 0.3) is 0 Å². The van der Waals surface area contributed by atoms with Crippen LogP contribution >= 0.6 is 0 Å². The fourth-order valence-corrected chi connectivity index (χ4v) is 2.76. The van der Waals surface area contributed by atoms with E-state index in [1.807, 2.05) is 60.7 Å². The summed E-state index contributed by atoms with van der Waals surface area (Å²) in [5.74, 6) is 1.18. The van der Waals surface area contributed by atoms with E-state index in [9.17, 15) is 4.79 Å². The molecule has 0 spiro atoms. The zero-order chi connectivity index (χ0) is 19.8. The molecule has 0 aliphatic rings. The van der Waals surface area contributed by atoms with E-state index in [2.05, 4.69) is 0 Å². The molecule has 0 atom stereocenters. The molecule has 0 saturated carbocycles. The molecule has 0 radical (unpaired) electrons. The maximum absolute atomic E-state index is 12.9. The van der Waals surface area contributed by atoms with Crippen LogP contribution in [0.2, 0.25) is 0 Å². The van der Waals surface area contributed by atoms with E-state index in [0.29, 0.717) is 29.4 Å². The predicted octanol–water partition coefficient (Wildman–Crippen LogP) is 5.18. The minimum atomic E-state index is -0.202. The molecule has 3 aromatic carbocycles. The lowest BCUT2D eigenvalue weighted by molar-refractivity contribution is 0.104. The van der Waals surface area contributed by atoms with Crippen molar-refractivity contribution in [1.29, 1.82) is 0 Å². The van der Waals surface area contributed by atoms with Gasteiger partial charge in [-0.25, -0.2) is 0 Å². The highest BCUT2D eigenvalue weighted by atomic mass is 16.5. The number of allylic oxidation sites excluding steroid dienone is 1. The Balaban J connectivity index is 1.92. The van der Waals surface area contributed by atoms with Crippen LogP contribution in [-0.4, -0.2) is 20.0 Å². The van der Waals surface area contributed by atoms with Gasteiger partial charge in [-0.1, -0.05) is 66.7 Å². The Morgan fingerprint density at radius 1 is 0.857 bits per heavy atom. The maximum atomic E-state index is 12.9. The second kappa shape index (κ2) is 9.42. The Morgan fingerprint density at radius 2 is 1.50 bits per heavy atom. The third-order valence-corrected chi connectivity index (χ3v) is 4.21. The van der Waals surface area contributed by atoms with Crippen LogP contribution in [0.3, 0.4) is 0 Å². The molecule has 0 N–H and O–H groups in total. The molecule has 0 bridgehead atoms. The number of hydrogen-bond acceptors (Lipinski definition) is 4. The Bertz CT molecular complexity index is 947. The number of benzene rings is 3. The molecule has 0 aliphatic heterocycles. The summed E-state index contributed by atoms with van der Waals surface area (Å²) in [4.78, 5) is 12.9. The zero-order valence-electron chi connectivity index (χ0n) is 15.9. The number of ketones is 1. The van der Waals surface area contributed by atoms with Gasteiger partial charge in [-0.3, -0.25) is 4.79 Å². The minimum Gasteiger partial charge on any atom is -0.496 e. The molecule has 0 saturated heterocycles. The summed E-state index contributed by atoms with van der Waals surface area (Å²) in [7, 11) is 3.08. The van der Waals surface area contributed by atoms with Gasteiger partial charge in [-0.05, 0) is 17.2 Å². The van der Waals surface area contributed by atoms with Crippen molar-refractivity contribution in [3.05, 3.63) is 95.6 Å². The van der Waals surface area contributed by atoms with Crippen LogP contribution in [0.1, 0.15) is 21.5 Å². The van der Waals surface area contributed by atoms with Gasteiger partial charge >= 0.3 is 0 Å². The molecule has 0 aromatic heterocycles. The number of carbonyl (C=O) groups excluding carboxylic acids is 1. The first-order valence-electron chi connectivity index (χ1n) is 8.91. The van der Waals surface area contributed by atoms with E-state index >= 15 is 0 Å². The summed E-state index contributed by atoms with van der Waals surface area (Å²) >= 11 is 0. The first-order chi connectivity index (χ1) is 13.7. The summed E-state index contributed by atoms with van der Waals surface area (Å²) in [6.07, 6.45) is 3.29. The standard InChI is InChI=1S/C24H22O4/c1-26-20-15-22(27-2)24(21(25)14-13-18-9-5-3-6-10-18)23(16-20)28-17-19-11-7-4-8-12-19/h3-16H,17H2,1-2H3/b14-13-. The highest BCUT2D eigenvalue weighted by molar-refractivity contribution is 6.10. The van der Waals surface area contributed by atoms with Gasteiger partial charge in [0.05, 0.1) is 14.2 Å². The Morgan fingerprint density at radius 3 is 2.14 bits per heavy atom. The highest BCUT2D eigenvalue weighted by Crippen LogP contribution is 2.35. The number of carbonyl (C=O) groups is 1. The predicted molar refractivity (Wildman–Crippen MR) is 110 cm³/mol. The molecule has 0 heterocycles. The van der Waals surface area contributed by atoms with E-state index in [0.717, 1.165) is 11.1 Å². The molecule has 0 fully saturated rings. The van der Waals surface area contributed by atoms with E-state index in [-0.39, 0.29) is 5.78 Å². The summed E-state index contributed by atoms with van der Waals surface area (Å²) in [5.41, 5.74) is 2.31. The fraction of sp³-hybridized carbons (Fsp3) is 0.125. The van der Waals surface area contributed by atoms with Crippen LogP contribution in [0, 0.1) is 0 Å². The van der Waals surface area contributed by atoms with Crippen molar-refractivity contribution >= 4 is 11.9 Å². The van der Waals surface area contributed by atoms with Crippen LogP contribution in [-0.2, 0) is 6.61 Å². The van der Waals surface area contributed by atoms with E-state index in [4.69, 9.17) is 14.2 Å². The van der Waals surface area contributed by atoms with Crippen molar-refractivity contribution in [3.8, 4) is 17.2 Å². The molecule has 4 heteroatoms. The topological polar surface area (TPSA) is 44.8 Å². The van der Waals surface area contributed by atoms with Crippen molar-refractivity contribution in [3.63, 3.8) is 0 Å². The molecule has 0 aliphatic carbocycles. The quantitative estimate of drug-likeness (QED) is 0.403. The molecular formula is C24H22O4. The molecule has 3 rings (SSSR count). The van der Waals surface area contributed by atoms with E-state index in [1.165, 1.54) is 13.2 Å². The van der Waals surface area contributed by atoms with Crippen LogP contribution in [0.15, 0.2) is 78.9 Å². The average Bonchev–Trinajstić information content (AvgIpc) is 2.76. The Kier molecular flexibility index (Phi) is 6.47. The molecule has 28 heavy (non-hydrogen) atoms. The van der Waals surface area contributed by atoms with Crippen molar-refractivity contribution < 1.29 is 19.0 Å². The van der Waals surface area contributed by atoms with Gasteiger partial charge in [-0.2, -0.15) is 0 Å². The average molecular weight is 374 g/mol. The van der Waals surface area contributed by atoms with E-state index in [1.54, 1.807) is 25.3 Å². The SMILES string of the molecule is COc1cc(OC)c(C(=O)/C=C\c2ccccc2)c(OCc2ccccc2)c1. The van der Waals surface area contributed by atoms with Gasteiger partial charge in [0, 0.05) is 12.1 Å². The number of methoxy groups -OCH3 is 2. The van der Waals surface area contributed by atoms with Gasteiger partial charge in [0.1, 0.15) is 29.4 Å². The molecule has 142 valence electrons. The smallest absolute Gasteiger partial charge is 0.193 e. The zero-order valence-corrected chi connectivity index (χ0v) is 15.9. The van der Waals surface area contributed by atoms with Gasteiger partial charge in [-0.15, -0.1) is 0 Å². The normalized spacial score (nSPS) is 10.6. The third-order valence-electron chi connectivity index (χ3n) is 4.21. The van der Waals surface area contributed by atoms with Crippen molar-refractivity contribution in [2.75, 3.05) is 14.2 Å². The number of rotatable bonds is 8. The Hall–Kier alpha value is -3.53. The van der Waals surface area contributed by atoms with Gasteiger partial charge in [0.15, 0.2) is 5.78 Å². The maximum Gasteiger partial charge on any atom is 0.193 e. The summed E-state index contributed by atoms with van der Waals surface area (Å²) in [5, 5.41) is 0. The summed E-state index contributed by atoms with van der Waals surface area (Å²) < 4.78 is 16.7. The molecule has 3 aromatic rings. The van der Waals surface area contributed by atoms with Crippen LogP contribution in [0.5, 0.6) is 17.2 Å². The molecular weight excluding hydrogens is 352 g/mol. The summed E-state index contributed by atoms with van der Waals surface area (Å²) in [6.45, 7) is 0.333. The molecule has 4 nitrogen and oxygen atoms in total. The van der Waals surface area contributed by atoms with Gasteiger partial charge in [0.2, 0.25) is 0 Å². The van der Waals surface area contributed by atoms with Crippen molar-refractivity contribution in [1.82, 2.24) is 0 Å². The second-order valence-corrected chi connectivity index (χ2v) is 6.09. The van der Waals surface area contributed by atoms with Crippen LogP contribution in [0.25, 0.3) is 6.08 Å². The van der Waals surface area contributed by atoms with Crippen LogP contribution < -0.4 is 14.2 Å². The lowest BCUT2D eigenvalue weighted by atomic mass is 10.1. The minimum absolute atomic E-state index is 0.202. The second-order valence-electron chi connectivity index (χ2n) is 6.09. The van der Waals surface area contributed by atoms with Gasteiger partial charge < -0.3 is 14.2 Å². The summed E-state index contributed by atoms with van der Waals surface area (Å²) in [6, 6.07) is 22.8. The van der Waals surface area contributed by atoms with Crippen LogP contribution in [0.4, 0.5) is 0 Å². The van der Waals surface area contributed by atoms with E-state index < -0.39 is 0 Å². The monoisotopic (exact) mass is 374 g/mol. The molecule has 0 amide bonds. The van der Waals surface area contributed by atoms with Crippen molar-refractivity contribution in [2.45, 2.75) is 6.61 Å². The fourth-order valence-electron chi connectivity index (χ4n) is 2.76. The first-order valence-corrected chi connectivity index (χ1v) is 8.91. The largest absolute Gasteiger partial charge is 0.496 e. The Labute approximate surface area is 165 Å². The number of hydrogen-bond donors (Lipinski definition) is 0.